The quantitative estimate of drug-likeness (QED) is 0.680. The van der Waals surface area contributed by atoms with E-state index in [4.69, 9.17) is 5.11 Å². The molecule has 0 saturated heterocycles. The lowest BCUT2D eigenvalue weighted by molar-refractivity contribution is -0.134. The monoisotopic (exact) mass is 220 g/mol. The standard InChI is InChI=1S/C8H3F3O2S/c9-8(10,11)6-3-1-5(14-6)2-4-7(12)13/h1,3H,(H,12,13). The molecule has 0 unspecified atom stereocenters. The van der Waals surface area contributed by atoms with Gasteiger partial charge in [0.25, 0.3) is 0 Å². The van der Waals surface area contributed by atoms with Gasteiger partial charge in [0.05, 0.1) is 4.88 Å². The van der Waals surface area contributed by atoms with E-state index >= 15 is 0 Å². The minimum Gasteiger partial charge on any atom is -0.472 e. The van der Waals surface area contributed by atoms with Crippen LogP contribution in [0.4, 0.5) is 13.2 Å². The van der Waals surface area contributed by atoms with E-state index in [1.54, 1.807) is 5.92 Å². The Morgan fingerprint density at radius 3 is 2.50 bits per heavy atom. The van der Waals surface area contributed by atoms with Crippen molar-refractivity contribution in [2.45, 2.75) is 6.18 Å². The lowest BCUT2D eigenvalue weighted by Crippen LogP contribution is -2.00. The van der Waals surface area contributed by atoms with Crippen molar-refractivity contribution in [3.05, 3.63) is 21.9 Å². The fourth-order valence-corrected chi connectivity index (χ4v) is 1.40. The lowest BCUT2D eigenvalue weighted by atomic mass is 10.4. The molecule has 2 nitrogen and oxygen atoms in total. The highest BCUT2D eigenvalue weighted by Gasteiger charge is 2.32. The van der Waals surface area contributed by atoms with Crippen LogP contribution in [0.2, 0.25) is 0 Å². The minimum absolute atomic E-state index is 0.0831. The van der Waals surface area contributed by atoms with Crippen LogP contribution in [0.25, 0.3) is 0 Å². The number of thiophene rings is 1. The molecule has 0 aliphatic heterocycles. The van der Waals surface area contributed by atoms with Crippen molar-refractivity contribution in [1.82, 2.24) is 0 Å². The van der Waals surface area contributed by atoms with Crippen LogP contribution in [0.15, 0.2) is 12.1 Å². The molecule has 6 heteroatoms. The second-order valence-corrected chi connectivity index (χ2v) is 3.30. The molecule has 14 heavy (non-hydrogen) atoms. The average Bonchev–Trinajstić information content (AvgIpc) is 2.47. The molecule has 0 aliphatic rings. The Balaban J connectivity index is 2.91. The SMILES string of the molecule is O=C(O)C#Cc1ccc(C(F)(F)F)s1. The summed E-state index contributed by atoms with van der Waals surface area (Å²) in [6, 6.07) is 2.01. The van der Waals surface area contributed by atoms with Crippen LogP contribution in [0.1, 0.15) is 9.75 Å². The van der Waals surface area contributed by atoms with E-state index in [2.05, 4.69) is 5.92 Å². The molecule has 0 aliphatic carbocycles. The van der Waals surface area contributed by atoms with Crippen molar-refractivity contribution in [2.75, 3.05) is 0 Å². The molecule has 0 atom stereocenters. The van der Waals surface area contributed by atoms with Gasteiger partial charge >= 0.3 is 12.1 Å². The summed E-state index contributed by atoms with van der Waals surface area (Å²) in [4.78, 5) is 9.28. The lowest BCUT2D eigenvalue weighted by Gasteiger charge is -1.99. The first kappa shape index (κ1) is 10.6. The number of hydrogen-bond donors (Lipinski definition) is 1. The number of halogens is 3. The molecule has 1 aromatic heterocycles. The fourth-order valence-electron chi connectivity index (χ4n) is 0.672. The van der Waals surface area contributed by atoms with Crippen molar-refractivity contribution < 1.29 is 23.1 Å². The summed E-state index contributed by atoms with van der Waals surface area (Å²) >= 11 is 0.420. The summed E-state index contributed by atoms with van der Waals surface area (Å²) in [6.45, 7) is 0. The number of carboxylic acids is 1. The van der Waals surface area contributed by atoms with Crippen molar-refractivity contribution in [2.24, 2.45) is 0 Å². The Labute approximate surface area is 81.0 Å². The first-order valence-corrected chi connectivity index (χ1v) is 4.13. The van der Waals surface area contributed by atoms with E-state index in [0.29, 0.717) is 11.3 Å². The first-order valence-electron chi connectivity index (χ1n) is 3.31. The molecule has 1 N–H and O–H groups in total. The van der Waals surface area contributed by atoms with Gasteiger partial charge in [-0.25, -0.2) is 4.79 Å². The number of carbonyl (C=O) groups is 1. The fraction of sp³-hybridized carbons (Fsp3) is 0.125. The zero-order chi connectivity index (χ0) is 10.8. The molecule has 0 bridgehead atoms. The molecule has 0 spiro atoms. The van der Waals surface area contributed by atoms with Gasteiger partial charge < -0.3 is 5.11 Å². The topological polar surface area (TPSA) is 37.3 Å². The maximum Gasteiger partial charge on any atom is 0.425 e. The summed E-state index contributed by atoms with van der Waals surface area (Å²) in [6.07, 6.45) is -4.40. The number of hydrogen-bond acceptors (Lipinski definition) is 2. The van der Waals surface area contributed by atoms with Crippen molar-refractivity contribution in [1.29, 1.82) is 0 Å². The predicted molar refractivity (Wildman–Crippen MR) is 43.8 cm³/mol. The second kappa shape index (κ2) is 3.72. The molecule has 0 fully saturated rings. The van der Waals surface area contributed by atoms with E-state index < -0.39 is 17.0 Å². The number of aliphatic carboxylic acids is 1. The highest BCUT2D eigenvalue weighted by molar-refractivity contribution is 7.12. The average molecular weight is 220 g/mol. The van der Waals surface area contributed by atoms with Crippen LogP contribution in [0, 0.1) is 11.8 Å². The largest absolute Gasteiger partial charge is 0.472 e. The third kappa shape index (κ3) is 2.78. The molecule has 1 rings (SSSR count). The molecular formula is C8H3F3O2S. The van der Waals surface area contributed by atoms with Gasteiger partial charge in [-0.1, -0.05) is 0 Å². The minimum atomic E-state index is -4.40. The van der Waals surface area contributed by atoms with Gasteiger partial charge in [-0.2, -0.15) is 13.2 Å². The molecule has 0 aromatic carbocycles. The highest BCUT2D eigenvalue weighted by Crippen LogP contribution is 2.34. The maximum atomic E-state index is 12.0. The summed E-state index contributed by atoms with van der Waals surface area (Å²) in [5.74, 6) is 2.47. The van der Waals surface area contributed by atoms with Gasteiger partial charge in [0.2, 0.25) is 0 Å². The summed E-state index contributed by atoms with van der Waals surface area (Å²) in [5.41, 5.74) is 0. The van der Waals surface area contributed by atoms with Crippen LogP contribution in [0.3, 0.4) is 0 Å². The van der Waals surface area contributed by atoms with E-state index in [0.717, 1.165) is 12.1 Å². The molecule has 0 amide bonds. The van der Waals surface area contributed by atoms with Crippen LogP contribution in [-0.4, -0.2) is 11.1 Å². The van der Waals surface area contributed by atoms with Crippen molar-refractivity contribution >= 4 is 17.3 Å². The molecule has 74 valence electrons. The van der Waals surface area contributed by atoms with Crippen LogP contribution >= 0.6 is 11.3 Å². The Kier molecular flexibility index (Phi) is 2.81. The third-order valence-corrected chi connectivity index (χ3v) is 2.22. The Bertz CT molecular complexity index is 408. The van der Waals surface area contributed by atoms with Gasteiger partial charge in [0, 0.05) is 5.92 Å². The zero-order valence-corrected chi connectivity index (χ0v) is 7.37. The number of rotatable bonds is 0. The molecule has 0 saturated carbocycles. The van der Waals surface area contributed by atoms with Gasteiger partial charge in [0.1, 0.15) is 4.88 Å². The molecule has 1 heterocycles. The summed E-state index contributed by atoms with van der Waals surface area (Å²) in [7, 11) is 0. The van der Waals surface area contributed by atoms with E-state index in [-0.39, 0.29) is 4.88 Å². The normalized spacial score (nSPS) is 10.5. The van der Waals surface area contributed by atoms with Gasteiger partial charge in [-0.3, -0.25) is 0 Å². The smallest absolute Gasteiger partial charge is 0.425 e. The molecule has 0 radical (unpaired) electrons. The second-order valence-electron chi connectivity index (χ2n) is 2.22. The summed E-state index contributed by atoms with van der Waals surface area (Å²) < 4.78 is 36.1. The van der Waals surface area contributed by atoms with Gasteiger partial charge in [0.15, 0.2) is 0 Å². The van der Waals surface area contributed by atoms with Crippen LogP contribution in [0.5, 0.6) is 0 Å². The van der Waals surface area contributed by atoms with Crippen molar-refractivity contribution in [3.8, 4) is 11.8 Å². The van der Waals surface area contributed by atoms with E-state index in [9.17, 15) is 18.0 Å². The van der Waals surface area contributed by atoms with Crippen LogP contribution < -0.4 is 0 Å². The molecular weight excluding hydrogens is 217 g/mol. The number of alkyl halides is 3. The third-order valence-electron chi connectivity index (χ3n) is 1.18. The first-order chi connectivity index (χ1) is 6.39. The Morgan fingerprint density at radius 1 is 1.43 bits per heavy atom. The predicted octanol–water partition coefficient (Wildman–Crippen LogP) is 2.20. The summed E-state index contributed by atoms with van der Waals surface area (Å²) in [5, 5.41) is 8.15. The van der Waals surface area contributed by atoms with E-state index in [1.165, 1.54) is 0 Å². The Hall–Kier alpha value is -1.48. The van der Waals surface area contributed by atoms with Crippen molar-refractivity contribution in [3.63, 3.8) is 0 Å². The Morgan fingerprint density at radius 2 is 2.07 bits per heavy atom. The maximum absolute atomic E-state index is 12.0. The molecule has 1 aromatic rings. The van der Waals surface area contributed by atoms with Gasteiger partial charge in [-0.15, -0.1) is 11.3 Å². The number of carboxylic acid groups (broad SMARTS) is 1. The van der Waals surface area contributed by atoms with Gasteiger partial charge in [-0.05, 0) is 18.1 Å². The highest BCUT2D eigenvalue weighted by atomic mass is 32.1. The van der Waals surface area contributed by atoms with Crippen LogP contribution in [-0.2, 0) is 11.0 Å². The van der Waals surface area contributed by atoms with E-state index in [1.807, 2.05) is 0 Å². The zero-order valence-electron chi connectivity index (χ0n) is 6.55.